The Kier molecular flexibility index (Phi) is 6.33. The minimum atomic E-state index is -1.40. The first kappa shape index (κ1) is 28.1. The van der Waals surface area contributed by atoms with Crippen LogP contribution in [0.3, 0.4) is 0 Å². The molecule has 2 amide bonds. The van der Waals surface area contributed by atoms with Crippen molar-refractivity contribution in [3.8, 4) is 0 Å². The first-order valence-electron chi connectivity index (χ1n) is 15.9. The third-order valence-corrected chi connectivity index (χ3v) is 10.4. The lowest BCUT2D eigenvalue weighted by Crippen LogP contribution is -2.45. The van der Waals surface area contributed by atoms with Crippen molar-refractivity contribution in [1.29, 1.82) is 0 Å². The van der Waals surface area contributed by atoms with E-state index in [4.69, 9.17) is 0 Å². The summed E-state index contributed by atoms with van der Waals surface area (Å²) in [6, 6.07) is 46.9. The van der Waals surface area contributed by atoms with Gasteiger partial charge in [0.25, 0.3) is 0 Å². The van der Waals surface area contributed by atoms with Gasteiger partial charge < -0.3 is 0 Å². The van der Waals surface area contributed by atoms with Gasteiger partial charge in [0.15, 0.2) is 5.78 Å². The van der Waals surface area contributed by atoms with E-state index in [1.807, 2.05) is 146 Å². The Morgan fingerprint density at radius 1 is 0.500 bits per heavy atom. The predicted molar refractivity (Wildman–Crippen MR) is 181 cm³/mol. The molecular formula is C42H33NO3. The molecule has 46 heavy (non-hydrogen) atoms. The van der Waals surface area contributed by atoms with E-state index in [1.165, 1.54) is 4.90 Å². The second kappa shape index (κ2) is 10.3. The Morgan fingerprint density at radius 3 is 1.24 bits per heavy atom. The van der Waals surface area contributed by atoms with Crippen LogP contribution in [0.5, 0.6) is 0 Å². The van der Waals surface area contributed by atoms with Crippen LogP contribution in [0.1, 0.15) is 47.6 Å². The maximum atomic E-state index is 15.9. The molecule has 3 aliphatic rings. The molecule has 2 fully saturated rings. The van der Waals surface area contributed by atoms with Crippen molar-refractivity contribution < 1.29 is 14.4 Å². The smallest absolute Gasteiger partial charge is 0.239 e. The Balaban J connectivity index is 1.51. The highest BCUT2D eigenvalue weighted by atomic mass is 16.2. The molecule has 0 aromatic heterocycles. The third-order valence-electron chi connectivity index (χ3n) is 10.4. The molecule has 0 spiro atoms. The molecule has 4 heteroatoms. The van der Waals surface area contributed by atoms with E-state index in [2.05, 4.69) is 13.8 Å². The quantitative estimate of drug-likeness (QED) is 0.186. The van der Waals surface area contributed by atoms with Crippen molar-refractivity contribution in [3.05, 3.63) is 173 Å². The van der Waals surface area contributed by atoms with Crippen LogP contribution in [0.4, 0.5) is 5.69 Å². The minimum Gasteiger partial charge on any atom is -0.297 e. The minimum absolute atomic E-state index is 0.110. The van der Waals surface area contributed by atoms with E-state index in [0.717, 1.165) is 39.0 Å². The fourth-order valence-electron chi connectivity index (χ4n) is 8.60. The highest BCUT2D eigenvalue weighted by Gasteiger charge is 2.82. The summed E-state index contributed by atoms with van der Waals surface area (Å²) in [6.45, 7) is 4.23. The average Bonchev–Trinajstić information content (AvgIpc) is 3.62. The molecule has 5 aromatic rings. The predicted octanol–water partition coefficient (Wildman–Crippen LogP) is 8.00. The van der Waals surface area contributed by atoms with Crippen LogP contribution in [0.2, 0.25) is 0 Å². The van der Waals surface area contributed by atoms with Gasteiger partial charge in [-0.1, -0.05) is 147 Å². The molecule has 4 atom stereocenters. The molecule has 4 nitrogen and oxygen atoms in total. The van der Waals surface area contributed by atoms with E-state index in [-0.39, 0.29) is 17.6 Å². The van der Waals surface area contributed by atoms with Crippen LogP contribution in [0.25, 0.3) is 11.1 Å². The fraction of sp³-hybridized carbons (Fsp3) is 0.167. The van der Waals surface area contributed by atoms with Crippen molar-refractivity contribution in [3.63, 3.8) is 0 Å². The molecule has 224 valence electrons. The molecule has 1 aliphatic heterocycles. The maximum Gasteiger partial charge on any atom is 0.239 e. The zero-order valence-corrected chi connectivity index (χ0v) is 25.8. The summed E-state index contributed by atoms with van der Waals surface area (Å²) in [4.78, 5) is 47.4. The molecule has 1 saturated heterocycles. The normalized spacial score (nSPS) is 25.1. The summed E-state index contributed by atoms with van der Waals surface area (Å²) in [6.07, 6.45) is 0. The van der Waals surface area contributed by atoms with E-state index in [0.29, 0.717) is 11.6 Å². The van der Waals surface area contributed by atoms with Crippen LogP contribution in [0.15, 0.2) is 146 Å². The lowest BCUT2D eigenvalue weighted by Gasteiger charge is -2.39. The zero-order chi connectivity index (χ0) is 31.6. The Hall–Kier alpha value is -5.35. The zero-order valence-electron chi connectivity index (χ0n) is 25.8. The van der Waals surface area contributed by atoms with Gasteiger partial charge in [-0.2, -0.15) is 0 Å². The van der Waals surface area contributed by atoms with Gasteiger partial charge in [-0.3, -0.25) is 14.4 Å². The molecular weight excluding hydrogens is 566 g/mol. The second-order valence-corrected chi connectivity index (χ2v) is 12.9. The lowest BCUT2D eigenvalue weighted by molar-refractivity contribution is -0.130. The molecule has 1 heterocycles. The lowest BCUT2D eigenvalue weighted by atomic mass is 9.59. The Morgan fingerprint density at radius 2 is 0.870 bits per heavy atom. The van der Waals surface area contributed by atoms with Crippen molar-refractivity contribution in [2.45, 2.75) is 30.6 Å². The summed E-state index contributed by atoms with van der Waals surface area (Å²) in [5.41, 5.74) is 3.68. The number of Topliss-reactive ketones (excluding diaryl/α,β-unsaturated/α-hetero) is 1. The van der Waals surface area contributed by atoms with Crippen LogP contribution >= 0.6 is 0 Å². The number of benzene rings is 5. The number of allylic oxidation sites excluding steroid dienone is 2. The van der Waals surface area contributed by atoms with Gasteiger partial charge in [0.1, 0.15) is 0 Å². The van der Waals surface area contributed by atoms with Crippen molar-refractivity contribution in [1.82, 2.24) is 0 Å². The van der Waals surface area contributed by atoms with Gasteiger partial charge in [0.2, 0.25) is 11.8 Å². The second-order valence-electron chi connectivity index (χ2n) is 12.9. The summed E-state index contributed by atoms with van der Waals surface area (Å²) >= 11 is 0. The number of amides is 2. The van der Waals surface area contributed by atoms with Crippen LogP contribution in [0, 0.1) is 11.8 Å². The van der Waals surface area contributed by atoms with Crippen molar-refractivity contribution in [2.75, 3.05) is 4.90 Å². The van der Waals surface area contributed by atoms with Crippen LogP contribution in [-0.2, 0) is 25.2 Å². The first-order chi connectivity index (χ1) is 22.4. The molecule has 0 unspecified atom stereocenters. The van der Waals surface area contributed by atoms with Gasteiger partial charge in [0.05, 0.1) is 28.4 Å². The molecule has 8 rings (SSSR count). The van der Waals surface area contributed by atoms with E-state index < -0.39 is 22.7 Å². The van der Waals surface area contributed by atoms with E-state index in [9.17, 15) is 0 Å². The number of ketones is 1. The number of rotatable bonds is 6. The number of hydrogen-bond acceptors (Lipinski definition) is 3. The van der Waals surface area contributed by atoms with Gasteiger partial charge >= 0.3 is 0 Å². The summed E-state index contributed by atoms with van der Waals surface area (Å²) in [7, 11) is 0. The Bertz CT molecular complexity index is 1900. The number of carbonyl (C=O) groups is 3. The fourth-order valence-corrected chi connectivity index (χ4v) is 8.60. The molecule has 2 aliphatic carbocycles. The monoisotopic (exact) mass is 599 g/mol. The Labute approximate surface area is 269 Å². The molecule has 0 N–H and O–H groups in total. The molecule has 0 radical (unpaired) electrons. The largest absolute Gasteiger partial charge is 0.297 e. The summed E-state index contributed by atoms with van der Waals surface area (Å²) in [5, 5.41) is 0. The van der Waals surface area contributed by atoms with Crippen molar-refractivity contribution in [2.24, 2.45) is 11.8 Å². The number of hydrogen-bond donors (Lipinski definition) is 0. The van der Waals surface area contributed by atoms with Gasteiger partial charge in [-0.05, 0) is 57.0 Å². The van der Waals surface area contributed by atoms with Crippen LogP contribution < -0.4 is 4.90 Å². The number of fused-ring (bicyclic) bond motifs is 5. The highest BCUT2D eigenvalue weighted by Crippen LogP contribution is 2.74. The third kappa shape index (κ3) is 3.53. The standard InChI is InChI=1S/C42H33NO3/c1-27(2)28-23-25-33(26-24-28)43-38(44)36-37(39(43)45)42(32-21-13-6-14-22-32)35(30-17-9-4-10-18-30)34(29-15-7-3-8-16-29)41(36,40(42)46)31-19-11-5-12-20-31/h3-27,36-37H,1-2H3/t36-,37-,41+,42+/m1/s1. The topological polar surface area (TPSA) is 54.5 Å². The van der Waals surface area contributed by atoms with Gasteiger partial charge in [-0.15, -0.1) is 0 Å². The maximum absolute atomic E-state index is 15.9. The first-order valence-corrected chi connectivity index (χ1v) is 15.9. The van der Waals surface area contributed by atoms with Crippen molar-refractivity contribution >= 4 is 34.4 Å². The van der Waals surface area contributed by atoms with Gasteiger partial charge in [-0.25, -0.2) is 4.90 Å². The molecule has 2 bridgehead atoms. The number of imide groups is 1. The van der Waals surface area contributed by atoms with Crippen LogP contribution in [-0.4, -0.2) is 17.6 Å². The summed E-state index contributed by atoms with van der Waals surface area (Å²) in [5.74, 6) is -2.32. The number of nitrogens with zero attached hydrogens (tertiary/aromatic N) is 1. The van der Waals surface area contributed by atoms with Gasteiger partial charge in [0, 0.05) is 0 Å². The number of carbonyl (C=O) groups excluding carboxylic acids is 3. The molecule has 1 saturated carbocycles. The van der Waals surface area contributed by atoms with E-state index >= 15 is 14.4 Å². The summed E-state index contributed by atoms with van der Waals surface area (Å²) < 4.78 is 0. The number of anilines is 1. The molecule has 5 aromatic carbocycles. The SMILES string of the molecule is CC(C)c1ccc(N2C(=O)[C@H]3[C@H](C2=O)[C@@]2(c4ccccc4)C(=O)[C@@]3(c3ccccc3)C(c3ccccc3)=C2c2ccccc2)cc1. The van der Waals surface area contributed by atoms with E-state index in [1.54, 1.807) is 0 Å². The highest BCUT2D eigenvalue weighted by molar-refractivity contribution is 6.39. The average molecular weight is 600 g/mol.